The van der Waals surface area contributed by atoms with Crippen LogP contribution in [0.15, 0.2) is 54.6 Å². The van der Waals surface area contributed by atoms with E-state index in [9.17, 15) is 9.59 Å². The highest BCUT2D eigenvalue weighted by Crippen LogP contribution is 2.19. The Morgan fingerprint density at radius 3 is 2.21 bits per heavy atom. The molecule has 0 saturated carbocycles. The van der Waals surface area contributed by atoms with Gasteiger partial charge in [0.25, 0.3) is 5.91 Å². The third kappa shape index (κ3) is 5.10. The van der Waals surface area contributed by atoms with Gasteiger partial charge in [0.05, 0.1) is 13.2 Å². The summed E-state index contributed by atoms with van der Waals surface area (Å²) in [6.45, 7) is 7.03. The minimum atomic E-state index is -0.619. The van der Waals surface area contributed by atoms with Gasteiger partial charge in [-0.3, -0.25) is 9.59 Å². The van der Waals surface area contributed by atoms with E-state index in [1.165, 1.54) is 0 Å². The van der Waals surface area contributed by atoms with Gasteiger partial charge in [-0.2, -0.15) is 0 Å². The Morgan fingerprint density at radius 1 is 0.964 bits per heavy atom. The van der Waals surface area contributed by atoms with E-state index < -0.39 is 6.04 Å². The molecular weight excluding hydrogens is 354 g/mol. The third-order valence-electron chi connectivity index (χ3n) is 4.78. The number of benzene rings is 2. The standard InChI is InChI=1S/C22H27N3O3/c1-16(2)20(24-21(26)17-6-4-3-5-7-17)22(27)23-18-8-10-19(11-9-18)25-12-14-28-15-13-25/h3-11,16,20H,12-15H2,1-2H3,(H,23,27)(H,24,26)/t20-/m1/s1. The summed E-state index contributed by atoms with van der Waals surface area (Å²) >= 11 is 0. The molecular formula is C22H27N3O3. The van der Waals surface area contributed by atoms with Crippen molar-refractivity contribution in [2.45, 2.75) is 19.9 Å². The molecule has 0 aliphatic carbocycles. The van der Waals surface area contributed by atoms with Gasteiger partial charge >= 0.3 is 0 Å². The maximum absolute atomic E-state index is 12.8. The molecule has 2 N–H and O–H groups in total. The SMILES string of the molecule is CC(C)[C@@H](NC(=O)c1ccccc1)C(=O)Nc1ccc(N2CCOCC2)cc1. The summed E-state index contributed by atoms with van der Waals surface area (Å²) in [4.78, 5) is 27.4. The molecule has 6 nitrogen and oxygen atoms in total. The number of anilines is 2. The minimum absolute atomic E-state index is 0.0414. The van der Waals surface area contributed by atoms with E-state index in [-0.39, 0.29) is 17.7 Å². The number of rotatable bonds is 6. The van der Waals surface area contributed by atoms with Gasteiger partial charge in [0, 0.05) is 30.0 Å². The first kappa shape index (κ1) is 19.9. The fourth-order valence-electron chi connectivity index (χ4n) is 3.15. The number of nitrogens with zero attached hydrogens (tertiary/aromatic N) is 1. The Kier molecular flexibility index (Phi) is 6.66. The zero-order valence-corrected chi connectivity index (χ0v) is 16.4. The lowest BCUT2D eigenvalue weighted by atomic mass is 10.0. The van der Waals surface area contributed by atoms with Crippen molar-refractivity contribution in [1.29, 1.82) is 0 Å². The van der Waals surface area contributed by atoms with Crippen molar-refractivity contribution in [3.63, 3.8) is 0 Å². The highest BCUT2D eigenvalue weighted by molar-refractivity contribution is 6.01. The average Bonchev–Trinajstić information content (AvgIpc) is 2.73. The van der Waals surface area contributed by atoms with Gasteiger partial charge < -0.3 is 20.3 Å². The van der Waals surface area contributed by atoms with Crippen LogP contribution in [0.5, 0.6) is 0 Å². The molecule has 2 aromatic carbocycles. The number of hydrogen-bond acceptors (Lipinski definition) is 4. The van der Waals surface area contributed by atoms with Crippen LogP contribution in [-0.4, -0.2) is 44.2 Å². The number of amides is 2. The molecule has 1 heterocycles. The highest BCUT2D eigenvalue weighted by Gasteiger charge is 2.24. The molecule has 0 radical (unpaired) electrons. The Morgan fingerprint density at radius 2 is 1.61 bits per heavy atom. The normalized spacial score (nSPS) is 15.2. The molecule has 28 heavy (non-hydrogen) atoms. The molecule has 0 bridgehead atoms. The van der Waals surface area contributed by atoms with Gasteiger partial charge in [-0.05, 0) is 42.3 Å². The molecule has 1 fully saturated rings. The van der Waals surface area contributed by atoms with Crippen LogP contribution in [0.3, 0.4) is 0 Å². The predicted octanol–water partition coefficient (Wildman–Crippen LogP) is 2.92. The lowest BCUT2D eigenvalue weighted by Gasteiger charge is -2.29. The second-order valence-electron chi connectivity index (χ2n) is 7.20. The molecule has 0 spiro atoms. The van der Waals surface area contributed by atoms with Crippen LogP contribution in [0, 0.1) is 5.92 Å². The number of carbonyl (C=O) groups excluding carboxylic acids is 2. The molecule has 0 aromatic heterocycles. The topological polar surface area (TPSA) is 70.7 Å². The van der Waals surface area contributed by atoms with E-state index in [1.54, 1.807) is 24.3 Å². The summed E-state index contributed by atoms with van der Waals surface area (Å²) < 4.78 is 5.38. The summed E-state index contributed by atoms with van der Waals surface area (Å²) in [6.07, 6.45) is 0. The second-order valence-corrected chi connectivity index (χ2v) is 7.20. The van der Waals surface area contributed by atoms with Gasteiger partial charge in [-0.1, -0.05) is 32.0 Å². The zero-order chi connectivity index (χ0) is 19.9. The van der Waals surface area contributed by atoms with Crippen LogP contribution in [0.4, 0.5) is 11.4 Å². The molecule has 1 aliphatic rings. The van der Waals surface area contributed by atoms with Crippen LogP contribution >= 0.6 is 0 Å². The molecule has 3 rings (SSSR count). The van der Waals surface area contributed by atoms with Crippen molar-refractivity contribution in [3.8, 4) is 0 Å². The molecule has 6 heteroatoms. The van der Waals surface area contributed by atoms with Gasteiger partial charge in [0.1, 0.15) is 6.04 Å². The summed E-state index contributed by atoms with van der Waals surface area (Å²) in [5, 5.41) is 5.76. The summed E-state index contributed by atoms with van der Waals surface area (Å²) in [5.74, 6) is -0.518. The van der Waals surface area contributed by atoms with E-state index in [1.807, 2.05) is 44.2 Å². The summed E-state index contributed by atoms with van der Waals surface area (Å²) in [7, 11) is 0. The first-order valence-electron chi connectivity index (χ1n) is 9.64. The van der Waals surface area contributed by atoms with Gasteiger partial charge in [-0.25, -0.2) is 0 Å². The number of hydrogen-bond donors (Lipinski definition) is 2. The van der Waals surface area contributed by atoms with E-state index in [2.05, 4.69) is 15.5 Å². The fourth-order valence-corrected chi connectivity index (χ4v) is 3.15. The zero-order valence-electron chi connectivity index (χ0n) is 16.4. The van der Waals surface area contributed by atoms with Crippen LogP contribution in [0.1, 0.15) is 24.2 Å². The quantitative estimate of drug-likeness (QED) is 0.807. The molecule has 1 atom stereocenters. The van der Waals surface area contributed by atoms with E-state index in [0.29, 0.717) is 11.3 Å². The van der Waals surface area contributed by atoms with Crippen molar-refractivity contribution in [3.05, 3.63) is 60.2 Å². The molecule has 2 amide bonds. The predicted molar refractivity (Wildman–Crippen MR) is 111 cm³/mol. The molecule has 0 unspecified atom stereocenters. The van der Waals surface area contributed by atoms with Crippen molar-refractivity contribution in [1.82, 2.24) is 5.32 Å². The molecule has 1 saturated heterocycles. The monoisotopic (exact) mass is 381 g/mol. The molecule has 1 aliphatic heterocycles. The Hall–Kier alpha value is -2.86. The van der Waals surface area contributed by atoms with Crippen molar-refractivity contribution in [2.75, 3.05) is 36.5 Å². The maximum atomic E-state index is 12.8. The Bertz CT molecular complexity index is 784. The largest absolute Gasteiger partial charge is 0.378 e. The number of morpholine rings is 1. The van der Waals surface area contributed by atoms with E-state index in [4.69, 9.17) is 4.74 Å². The second kappa shape index (κ2) is 9.37. The van der Waals surface area contributed by atoms with E-state index in [0.717, 1.165) is 32.0 Å². The third-order valence-corrected chi connectivity index (χ3v) is 4.78. The lowest BCUT2D eigenvalue weighted by molar-refractivity contribution is -0.118. The molecule has 148 valence electrons. The first-order valence-corrected chi connectivity index (χ1v) is 9.64. The average molecular weight is 381 g/mol. The molecule has 2 aromatic rings. The Labute approximate surface area is 165 Å². The van der Waals surface area contributed by atoms with Crippen molar-refractivity contribution in [2.24, 2.45) is 5.92 Å². The first-order chi connectivity index (χ1) is 13.5. The highest BCUT2D eigenvalue weighted by atomic mass is 16.5. The van der Waals surface area contributed by atoms with Crippen LogP contribution in [-0.2, 0) is 9.53 Å². The smallest absolute Gasteiger partial charge is 0.251 e. The van der Waals surface area contributed by atoms with Crippen LogP contribution in [0.25, 0.3) is 0 Å². The summed E-state index contributed by atoms with van der Waals surface area (Å²) in [6, 6.07) is 16.1. The number of ether oxygens (including phenoxy) is 1. The Balaban J connectivity index is 1.62. The van der Waals surface area contributed by atoms with Gasteiger partial charge in [0.15, 0.2) is 0 Å². The van der Waals surface area contributed by atoms with Gasteiger partial charge in [-0.15, -0.1) is 0 Å². The van der Waals surface area contributed by atoms with Gasteiger partial charge in [0.2, 0.25) is 5.91 Å². The lowest BCUT2D eigenvalue weighted by Crippen LogP contribution is -2.47. The van der Waals surface area contributed by atoms with Crippen molar-refractivity contribution >= 4 is 23.2 Å². The maximum Gasteiger partial charge on any atom is 0.251 e. The number of carbonyl (C=O) groups is 2. The number of nitrogens with one attached hydrogen (secondary N) is 2. The minimum Gasteiger partial charge on any atom is -0.378 e. The van der Waals surface area contributed by atoms with Crippen molar-refractivity contribution < 1.29 is 14.3 Å². The summed E-state index contributed by atoms with van der Waals surface area (Å²) in [5.41, 5.74) is 2.36. The fraction of sp³-hybridized carbons (Fsp3) is 0.364. The van der Waals surface area contributed by atoms with Crippen LogP contribution < -0.4 is 15.5 Å². The van der Waals surface area contributed by atoms with E-state index >= 15 is 0 Å². The van der Waals surface area contributed by atoms with Crippen LogP contribution in [0.2, 0.25) is 0 Å².